The van der Waals surface area contributed by atoms with Gasteiger partial charge in [-0.1, -0.05) is 0 Å². The highest BCUT2D eigenvalue weighted by Gasteiger charge is 2.40. The van der Waals surface area contributed by atoms with Crippen LogP contribution in [0.15, 0.2) is 0 Å². The van der Waals surface area contributed by atoms with Gasteiger partial charge in [0.05, 0.1) is 29.4 Å². The minimum atomic E-state index is -0.723. The maximum atomic E-state index is 11.3. The number of carbonyl (C=O) groups is 2. The van der Waals surface area contributed by atoms with Crippen LogP contribution >= 0.6 is 0 Å². The Hall–Kier alpha value is -0.860. The van der Waals surface area contributed by atoms with Crippen LogP contribution in [0.2, 0.25) is 0 Å². The maximum absolute atomic E-state index is 11.3. The molecule has 0 radical (unpaired) electrons. The first kappa shape index (κ1) is 22.2. The number of β-amino-alcohol motifs (C(OH)–C–C–N with tert-alkyl or cyclic N) is 3. The van der Waals surface area contributed by atoms with Crippen LogP contribution in [0.3, 0.4) is 0 Å². The second-order valence-corrected chi connectivity index (χ2v) is 8.16. The number of hydrogen-bond acceptors (Lipinski definition) is 7. The Morgan fingerprint density at radius 2 is 1.20 bits per heavy atom. The first-order valence-electron chi connectivity index (χ1n) is 8.86. The van der Waals surface area contributed by atoms with Gasteiger partial charge in [-0.2, -0.15) is 0 Å². The topological polar surface area (TPSA) is 101 Å². The average Bonchev–Trinajstić information content (AvgIpc) is 3.07. The number of ketones is 2. The molecule has 3 unspecified atom stereocenters. The fourth-order valence-electron chi connectivity index (χ4n) is 2.92. The molecule has 0 spiro atoms. The maximum Gasteiger partial charge on any atom is 0.149 e. The van der Waals surface area contributed by atoms with Crippen molar-refractivity contribution in [2.45, 2.75) is 77.4 Å². The van der Waals surface area contributed by atoms with Crippen molar-refractivity contribution in [2.24, 2.45) is 0 Å². The highest BCUT2D eigenvalue weighted by Crippen LogP contribution is 2.22. The molecule has 0 aromatic heterocycles. The van der Waals surface area contributed by atoms with Crippen molar-refractivity contribution >= 4 is 11.6 Å². The number of hydrogen-bond donors (Lipinski definition) is 3. The van der Waals surface area contributed by atoms with E-state index in [9.17, 15) is 24.9 Å². The minimum absolute atomic E-state index is 0.0498. The number of aliphatic hydroxyl groups excluding tert-OH is 3. The van der Waals surface area contributed by atoms with E-state index in [4.69, 9.17) is 0 Å². The predicted molar refractivity (Wildman–Crippen MR) is 95.3 cm³/mol. The van der Waals surface area contributed by atoms with Crippen molar-refractivity contribution in [3.8, 4) is 0 Å². The van der Waals surface area contributed by atoms with Gasteiger partial charge in [0.2, 0.25) is 0 Å². The predicted octanol–water partition coefficient (Wildman–Crippen LogP) is -0.188. The monoisotopic (exact) mass is 358 g/mol. The molecule has 3 atom stereocenters. The summed E-state index contributed by atoms with van der Waals surface area (Å²) in [6, 6.07) is 0. The molecule has 7 heteroatoms. The van der Waals surface area contributed by atoms with E-state index in [1.807, 2.05) is 23.6 Å². The first-order valence-corrected chi connectivity index (χ1v) is 8.86. The van der Waals surface area contributed by atoms with Crippen molar-refractivity contribution in [1.82, 2.24) is 9.80 Å². The molecule has 3 N–H and O–H groups in total. The van der Waals surface area contributed by atoms with Gasteiger partial charge in [0.15, 0.2) is 0 Å². The number of Topliss-reactive ketones (excluding diaryl/α,β-unsaturated/α-hetero) is 2. The third-order valence-electron chi connectivity index (χ3n) is 5.73. The van der Waals surface area contributed by atoms with Crippen molar-refractivity contribution in [3.63, 3.8) is 0 Å². The van der Waals surface area contributed by atoms with Crippen LogP contribution in [0.1, 0.15) is 48.0 Å². The van der Waals surface area contributed by atoms with E-state index in [-0.39, 0.29) is 17.7 Å². The van der Waals surface area contributed by atoms with Crippen molar-refractivity contribution in [3.05, 3.63) is 0 Å². The van der Waals surface area contributed by atoms with Crippen molar-refractivity contribution < 1.29 is 24.9 Å². The van der Waals surface area contributed by atoms with E-state index < -0.39 is 23.3 Å². The standard InChI is InChI=1S/C9H17NO3.C9H17NO2/c1-6(11)9(2,3)10-4-7(12)8(13)5-10;1-7(11)9(2,3)10-5-4-8(12)6-10/h7-8,12-13H,4-5H2,1-3H3;8,12H,4-6H2,1-3H3. The fourth-order valence-corrected chi connectivity index (χ4v) is 2.92. The van der Waals surface area contributed by atoms with Gasteiger partial charge in [-0.15, -0.1) is 0 Å². The Labute approximate surface area is 150 Å². The van der Waals surface area contributed by atoms with Gasteiger partial charge in [-0.3, -0.25) is 19.4 Å². The van der Waals surface area contributed by atoms with E-state index in [1.165, 1.54) is 6.92 Å². The largest absolute Gasteiger partial charge is 0.392 e. The molecular weight excluding hydrogens is 324 g/mol. The molecule has 2 saturated heterocycles. The van der Waals surface area contributed by atoms with Gasteiger partial charge in [0.25, 0.3) is 0 Å². The van der Waals surface area contributed by atoms with Gasteiger partial charge in [-0.05, 0) is 48.0 Å². The summed E-state index contributed by atoms with van der Waals surface area (Å²) in [5, 5.41) is 27.9. The molecule has 0 bridgehead atoms. The molecule has 2 rings (SSSR count). The van der Waals surface area contributed by atoms with Gasteiger partial charge < -0.3 is 15.3 Å². The summed E-state index contributed by atoms with van der Waals surface area (Å²) in [7, 11) is 0. The molecule has 7 nitrogen and oxygen atoms in total. The summed E-state index contributed by atoms with van der Waals surface area (Å²) in [4.78, 5) is 26.3. The summed E-state index contributed by atoms with van der Waals surface area (Å²) in [5.41, 5.74) is -0.990. The third-order valence-corrected chi connectivity index (χ3v) is 5.73. The summed E-state index contributed by atoms with van der Waals surface area (Å²) >= 11 is 0. The second-order valence-electron chi connectivity index (χ2n) is 8.16. The normalized spacial score (nSPS) is 28.6. The van der Waals surface area contributed by atoms with Gasteiger partial charge in [0.1, 0.15) is 11.6 Å². The van der Waals surface area contributed by atoms with Crippen molar-refractivity contribution in [2.75, 3.05) is 26.2 Å². The summed E-state index contributed by atoms with van der Waals surface area (Å²) in [6.45, 7) is 12.8. The Balaban J connectivity index is 0.000000251. The van der Waals surface area contributed by atoms with Crippen molar-refractivity contribution in [1.29, 1.82) is 0 Å². The van der Waals surface area contributed by atoms with E-state index in [0.717, 1.165) is 13.0 Å². The molecule has 0 aliphatic carbocycles. The van der Waals surface area contributed by atoms with Crippen LogP contribution in [-0.4, -0.2) is 92.3 Å². The molecule has 2 aliphatic rings. The zero-order valence-electron chi connectivity index (χ0n) is 16.3. The lowest BCUT2D eigenvalue weighted by Gasteiger charge is -2.32. The Morgan fingerprint density at radius 1 is 0.800 bits per heavy atom. The third kappa shape index (κ3) is 5.31. The molecular formula is C18H34N2O5. The van der Waals surface area contributed by atoms with E-state index >= 15 is 0 Å². The summed E-state index contributed by atoms with van der Waals surface area (Å²) in [5.74, 6) is 0.213. The number of carbonyl (C=O) groups excluding carboxylic acids is 2. The quantitative estimate of drug-likeness (QED) is 0.640. The van der Waals surface area contributed by atoms with E-state index in [2.05, 4.69) is 0 Å². The number of aliphatic hydroxyl groups is 3. The Morgan fingerprint density at radius 3 is 1.52 bits per heavy atom. The van der Waals surface area contributed by atoms with E-state index in [1.54, 1.807) is 20.8 Å². The molecule has 0 saturated carbocycles. The molecule has 0 amide bonds. The van der Waals surface area contributed by atoms with Crippen LogP contribution in [0, 0.1) is 0 Å². The fraction of sp³-hybridized carbons (Fsp3) is 0.889. The number of nitrogens with zero attached hydrogens (tertiary/aromatic N) is 2. The lowest BCUT2D eigenvalue weighted by molar-refractivity contribution is -0.127. The molecule has 0 aromatic carbocycles. The van der Waals surface area contributed by atoms with Gasteiger partial charge >= 0.3 is 0 Å². The number of likely N-dealkylation sites (tertiary alicyclic amines) is 2. The first-order chi connectivity index (χ1) is 11.3. The minimum Gasteiger partial charge on any atom is -0.392 e. The number of rotatable bonds is 4. The molecule has 146 valence electrons. The summed E-state index contributed by atoms with van der Waals surface area (Å²) in [6.07, 6.45) is -0.905. The smallest absolute Gasteiger partial charge is 0.149 e. The van der Waals surface area contributed by atoms with Crippen LogP contribution in [0.25, 0.3) is 0 Å². The summed E-state index contributed by atoms with van der Waals surface area (Å²) < 4.78 is 0. The SMILES string of the molecule is CC(=O)C(C)(C)N1CC(O)C(O)C1.CC(=O)C(C)(C)N1CCC(O)C1. The lowest BCUT2D eigenvalue weighted by atomic mass is 9.98. The average molecular weight is 358 g/mol. The van der Waals surface area contributed by atoms with Crippen LogP contribution in [0.5, 0.6) is 0 Å². The second kappa shape index (κ2) is 8.22. The zero-order chi connectivity index (χ0) is 19.6. The van der Waals surface area contributed by atoms with Gasteiger partial charge in [0, 0.05) is 26.2 Å². The molecule has 25 heavy (non-hydrogen) atoms. The Bertz CT molecular complexity index is 482. The van der Waals surface area contributed by atoms with Gasteiger partial charge in [-0.25, -0.2) is 0 Å². The Kier molecular flexibility index (Phi) is 7.30. The van der Waals surface area contributed by atoms with E-state index in [0.29, 0.717) is 19.6 Å². The molecule has 2 heterocycles. The molecule has 2 fully saturated rings. The van der Waals surface area contributed by atoms with Crippen LogP contribution < -0.4 is 0 Å². The highest BCUT2D eigenvalue weighted by molar-refractivity contribution is 5.85. The highest BCUT2D eigenvalue weighted by atomic mass is 16.3. The zero-order valence-corrected chi connectivity index (χ0v) is 16.3. The lowest BCUT2D eigenvalue weighted by Crippen LogP contribution is -2.48. The van der Waals surface area contributed by atoms with Crippen LogP contribution in [-0.2, 0) is 9.59 Å². The molecule has 0 aromatic rings. The van der Waals surface area contributed by atoms with Crippen LogP contribution in [0.4, 0.5) is 0 Å². The molecule has 2 aliphatic heterocycles.